The van der Waals surface area contributed by atoms with Crippen LogP contribution in [0.2, 0.25) is 0 Å². The molecule has 0 N–H and O–H groups in total. The van der Waals surface area contributed by atoms with Crippen LogP contribution < -0.4 is 0 Å². The van der Waals surface area contributed by atoms with E-state index in [1.165, 1.54) is 180 Å². The Labute approximate surface area is 380 Å². The lowest BCUT2D eigenvalue weighted by molar-refractivity contribution is -0.167. The van der Waals surface area contributed by atoms with Crippen LogP contribution in [0, 0.1) is 17.8 Å². The minimum Gasteiger partial charge on any atom is -0.462 e. The van der Waals surface area contributed by atoms with E-state index in [4.69, 9.17) is 14.2 Å². The molecule has 0 unspecified atom stereocenters. The summed E-state index contributed by atoms with van der Waals surface area (Å²) in [5.41, 5.74) is 0. The topological polar surface area (TPSA) is 78.9 Å². The molecule has 0 saturated heterocycles. The van der Waals surface area contributed by atoms with Gasteiger partial charge in [0.15, 0.2) is 6.10 Å². The Kier molecular flexibility index (Phi) is 45.2. The van der Waals surface area contributed by atoms with Crippen molar-refractivity contribution >= 4 is 17.9 Å². The fourth-order valence-corrected chi connectivity index (χ4v) is 8.29. The van der Waals surface area contributed by atoms with Gasteiger partial charge in [-0.05, 0) is 37.0 Å². The van der Waals surface area contributed by atoms with E-state index in [1.54, 1.807) is 0 Å². The van der Waals surface area contributed by atoms with Crippen LogP contribution in [0.5, 0.6) is 0 Å². The molecule has 0 aromatic carbocycles. The van der Waals surface area contributed by atoms with E-state index in [9.17, 15) is 14.4 Å². The van der Waals surface area contributed by atoms with Crippen LogP contribution in [0.15, 0.2) is 0 Å². The number of carbonyl (C=O) groups is 3. The number of carbonyl (C=O) groups excluding carboxylic acids is 3. The van der Waals surface area contributed by atoms with E-state index in [0.717, 1.165) is 75.5 Å². The van der Waals surface area contributed by atoms with Crippen molar-refractivity contribution in [2.24, 2.45) is 17.8 Å². The maximum absolute atomic E-state index is 12.8. The van der Waals surface area contributed by atoms with Crippen molar-refractivity contribution in [1.82, 2.24) is 0 Å². The molecule has 0 fully saturated rings. The number of unbranched alkanes of at least 4 members (excludes halogenated alkanes) is 31. The van der Waals surface area contributed by atoms with Gasteiger partial charge in [-0.25, -0.2) is 0 Å². The SMILES string of the molecule is CC(C)CCCCCCCCCCCCCCCCC(=O)OC[C@@H](COC(=O)CCCCCCCCCCCCC(C)C)OC(=O)CCCCCCCCCCCCC(C)C. The average molecular weight is 863 g/mol. The van der Waals surface area contributed by atoms with Gasteiger partial charge in [0.05, 0.1) is 0 Å². The van der Waals surface area contributed by atoms with Crippen molar-refractivity contribution < 1.29 is 28.6 Å². The van der Waals surface area contributed by atoms with Crippen molar-refractivity contribution in [3.63, 3.8) is 0 Å². The molecule has 0 aliphatic carbocycles. The molecule has 6 nitrogen and oxygen atoms in total. The molecule has 0 amide bonds. The van der Waals surface area contributed by atoms with Gasteiger partial charge in [-0.3, -0.25) is 14.4 Å². The zero-order valence-corrected chi connectivity index (χ0v) is 42.0. The van der Waals surface area contributed by atoms with Crippen molar-refractivity contribution in [2.75, 3.05) is 13.2 Å². The predicted molar refractivity (Wildman–Crippen MR) is 261 cm³/mol. The molecule has 0 aromatic heterocycles. The lowest BCUT2D eigenvalue weighted by atomic mass is 10.0. The monoisotopic (exact) mass is 863 g/mol. The van der Waals surface area contributed by atoms with Gasteiger partial charge in [0.25, 0.3) is 0 Å². The summed E-state index contributed by atoms with van der Waals surface area (Å²) in [6.07, 6.45) is 46.6. The zero-order valence-electron chi connectivity index (χ0n) is 42.0. The number of ether oxygens (including phenoxy) is 3. The highest BCUT2D eigenvalue weighted by molar-refractivity contribution is 5.71. The van der Waals surface area contributed by atoms with Crippen LogP contribution in [-0.4, -0.2) is 37.2 Å². The molecule has 0 heterocycles. The lowest BCUT2D eigenvalue weighted by Gasteiger charge is -2.18. The van der Waals surface area contributed by atoms with Gasteiger partial charge in [0, 0.05) is 19.3 Å². The average Bonchev–Trinajstić information content (AvgIpc) is 3.22. The largest absolute Gasteiger partial charge is 0.462 e. The first-order chi connectivity index (χ1) is 29.6. The van der Waals surface area contributed by atoms with Crippen molar-refractivity contribution in [2.45, 2.75) is 304 Å². The van der Waals surface area contributed by atoms with Crippen LogP contribution in [-0.2, 0) is 28.6 Å². The van der Waals surface area contributed by atoms with E-state index < -0.39 is 6.10 Å². The van der Waals surface area contributed by atoms with Crippen LogP contribution in [0.3, 0.4) is 0 Å². The van der Waals surface area contributed by atoms with Crippen LogP contribution in [0.4, 0.5) is 0 Å². The van der Waals surface area contributed by atoms with E-state index in [1.807, 2.05) is 0 Å². The predicted octanol–water partition coefficient (Wildman–Crippen LogP) is 17.6. The lowest BCUT2D eigenvalue weighted by Crippen LogP contribution is -2.30. The third-order valence-corrected chi connectivity index (χ3v) is 12.4. The summed E-state index contributed by atoms with van der Waals surface area (Å²) in [7, 11) is 0. The zero-order chi connectivity index (χ0) is 44.9. The van der Waals surface area contributed by atoms with Gasteiger partial charge in [-0.15, -0.1) is 0 Å². The van der Waals surface area contributed by atoms with Crippen LogP contribution >= 0.6 is 0 Å². The van der Waals surface area contributed by atoms with Gasteiger partial charge >= 0.3 is 17.9 Å². The molecule has 6 heteroatoms. The van der Waals surface area contributed by atoms with Gasteiger partial charge in [0.2, 0.25) is 0 Å². The Morgan fingerprint density at radius 3 is 0.705 bits per heavy atom. The highest BCUT2D eigenvalue weighted by atomic mass is 16.6. The molecule has 0 rings (SSSR count). The summed E-state index contributed by atoms with van der Waals surface area (Å²) >= 11 is 0. The summed E-state index contributed by atoms with van der Waals surface area (Å²) in [5.74, 6) is 1.63. The van der Waals surface area contributed by atoms with Crippen molar-refractivity contribution in [1.29, 1.82) is 0 Å². The molecule has 0 radical (unpaired) electrons. The van der Waals surface area contributed by atoms with Gasteiger partial charge in [-0.1, -0.05) is 260 Å². The number of esters is 3. The third kappa shape index (κ3) is 49.3. The Morgan fingerprint density at radius 1 is 0.279 bits per heavy atom. The molecule has 0 aromatic rings. The normalized spacial score (nSPS) is 12.1. The molecule has 0 aliphatic rings. The first-order valence-corrected chi connectivity index (χ1v) is 27.1. The fourth-order valence-electron chi connectivity index (χ4n) is 8.29. The first kappa shape index (κ1) is 59.4. The Bertz CT molecular complexity index is 945. The molecule has 61 heavy (non-hydrogen) atoms. The van der Waals surface area contributed by atoms with E-state index in [0.29, 0.717) is 19.3 Å². The molecular weight excluding hydrogens is 757 g/mol. The molecule has 0 spiro atoms. The quantitative estimate of drug-likeness (QED) is 0.0344. The molecule has 362 valence electrons. The molecule has 0 bridgehead atoms. The Balaban J connectivity index is 4.30. The summed E-state index contributed by atoms with van der Waals surface area (Å²) in [4.78, 5) is 38.0. The van der Waals surface area contributed by atoms with Gasteiger partial charge in [-0.2, -0.15) is 0 Å². The maximum Gasteiger partial charge on any atom is 0.306 e. The van der Waals surface area contributed by atoms with E-state index in [2.05, 4.69) is 41.5 Å². The van der Waals surface area contributed by atoms with E-state index >= 15 is 0 Å². The Morgan fingerprint density at radius 2 is 0.475 bits per heavy atom. The van der Waals surface area contributed by atoms with Crippen LogP contribution in [0.25, 0.3) is 0 Å². The number of hydrogen-bond acceptors (Lipinski definition) is 6. The minimum absolute atomic E-state index is 0.0643. The minimum atomic E-state index is -0.763. The molecule has 1 atom stereocenters. The second-order valence-electron chi connectivity index (χ2n) is 20.3. The molecule has 0 saturated carbocycles. The van der Waals surface area contributed by atoms with Crippen molar-refractivity contribution in [3.8, 4) is 0 Å². The summed E-state index contributed by atoms with van der Waals surface area (Å²) in [6.45, 7) is 13.7. The third-order valence-electron chi connectivity index (χ3n) is 12.4. The fraction of sp³-hybridized carbons (Fsp3) is 0.945. The summed E-state index contributed by atoms with van der Waals surface area (Å²) in [6, 6.07) is 0. The molecular formula is C55H106O6. The van der Waals surface area contributed by atoms with Gasteiger partial charge in [0.1, 0.15) is 13.2 Å². The standard InChI is InChI=1S/C55H106O6/c1-49(2)41-35-29-23-17-11-9-7-8-10-12-20-26-32-38-44-53(56)59-47-52(61-55(58)46-40-34-28-22-16-14-19-25-31-37-43-51(5)6)48-60-54(57)45-39-33-27-21-15-13-18-24-30-36-42-50(3)4/h49-52H,7-48H2,1-6H3/t52-/m0/s1. The van der Waals surface area contributed by atoms with Crippen LogP contribution in [0.1, 0.15) is 298 Å². The second-order valence-corrected chi connectivity index (χ2v) is 20.3. The van der Waals surface area contributed by atoms with Gasteiger partial charge < -0.3 is 14.2 Å². The summed E-state index contributed by atoms with van der Waals surface area (Å²) in [5, 5.41) is 0. The van der Waals surface area contributed by atoms with E-state index in [-0.39, 0.29) is 31.1 Å². The van der Waals surface area contributed by atoms with Crippen molar-refractivity contribution in [3.05, 3.63) is 0 Å². The molecule has 0 aliphatic heterocycles. The summed E-state index contributed by atoms with van der Waals surface area (Å²) < 4.78 is 16.8. The smallest absolute Gasteiger partial charge is 0.306 e. The number of hydrogen-bond donors (Lipinski definition) is 0. The highest BCUT2D eigenvalue weighted by Crippen LogP contribution is 2.18. The second kappa shape index (κ2) is 46.4. The highest BCUT2D eigenvalue weighted by Gasteiger charge is 2.19. The Hall–Kier alpha value is -1.59. The number of rotatable bonds is 48. The first-order valence-electron chi connectivity index (χ1n) is 27.1. The maximum atomic E-state index is 12.8.